The van der Waals surface area contributed by atoms with Gasteiger partial charge in [-0.25, -0.2) is 0 Å². The standard InChI is InChI=1S/C15H17F3N4O3S/c1-14(2,3)26(25)20-13(15(16,17)18)10-4-6-11(7-5-10)21-9-8-12(19-21)22(23)24/h4-9,13,20H,1-3H3. The highest BCUT2D eigenvalue weighted by molar-refractivity contribution is 7.90. The highest BCUT2D eigenvalue weighted by Gasteiger charge is 2.45. The molecule has 26 heavy (non-hydrogen) atoms. The molecule has 0 aliphatic rings. The Hall–Kier alpha value is -2.11. The van der Waals surface area contributed by atoms with Crippen molar-refractivity contribution in [3.05, 3.63) is 52.2 Å². The van der Waals surface area contributed by atoms with E-state index in [0.717, 1.165) is 0 Å². The second-order valence-corrected chi connectivity index (χ2v) is 8.44. The van der Waals surface area contributed by atoms with E-state index in [1.807, 2.05) is 0 Å². The first-order valence-corrected chi connectivity index (χ1v) is 8.60. The van der Waals surface area contributed by atoms with E-state index in [9.17, 15) is 27.8 Å². The van der Waals surface area contributed by atoms with Crippen molar-refractivity contribution in [1.29, 1.82) is 0 Å². The zero-order chi connectivity index (χ0) is 19.7. The molecule has 0 aliphatic carbocycles. The fourth-order valence-electron chi connectivity index (χ4n) is 1.98. The van der Waals surface area contributed by atoms with E-state index in [-0.39, 0.29) is 11.4 Å². The van der Waals surface area contributed by atoms with Gasteiger partial charge >= 0.3 is 12.0 Å². The number of hydrogen-bond donors (Lipinski definition) is 1. The molecule has 0 fully saturated rings. The third kappa shape index (κ3) is 4.74. The van der Waals surface area contributed by atoms with Crippen LogP contribution in [-0.4, -0.2) is 30.2 Å². The van der Waals surface area contributed by atoms with Crippen LogP contribution in [0, 0.1) is 10.1 Å². The highest BCUT2D eigenvalue weighted by Crippen LogP contribution is 2.35. The van der Waals surface area contributed by atoms with Crippen molar-refractivity contribution in [2.75, 3.05) is 0 Å². The molecule has 1 heterocycles. The molecule has 0 bridgehead atoms. The first-order valence-electron chi connectivity index (χ1n) is 7.45. The molecular formula is C15H17F3N4O3S. The topological polar surface area (TPSA) is 96.0 Å². The number of hydrogen-bond acceptors (Lipinski definition) is 5. The predicted molar refractivity (Wildman–Crippen MR) is 90.0 cm³/mol. The maximum atomic E-state index is 13.4. The number of halogens is 3. The van der Waals surface area contributed by atoms with Gasteiger partial charge in [0.15, 0.2) is 6.04 Å². The largest absolute Gasteiger partial charge is 0.598 e. The molecule has 0 spiro atoms. The molecule has 2 aromatic rings. The average Bonchev–Trinajstić information content (AvgIpc) is 3.00. The van der Waals surface area contributed by atoms with E-state index in [4.69, 9.17) is 0 Å². The van der Waals surface area contributed by atoms with E-state index >= 15 is 0 Å². The van der Waals surface area contributed by atoms with Crippen LogP contribution in [0.3, 0.4) is 0 Å². The second-order valence-electron chi connectivity index (χ2n) is 6.44. The van der Waals surface area contributed by atoms with E-state index < -0.39 is 33.3 Å². The first kappa shape index (κ1) is 20.2. The van der Waals surface area contributed by atoms with Gasteiger partial charge in [0.05, 0.1) is 23.0 Å². The summed E-state index contributed by atoms with van der Waals surface area (Å²) in [4.78, 5) is 9.98. The quantitative estimate of drug-likeness (QED) is 0.479. The van der Waals surface area contributed by atoms with Crippen LogP contribution >= 0.6 is 0 Å². The van der Waals surface area contributed by atoms with Gasteiger partial charge in [0.25, 0.3) is 0 Å². The van der Waals surface area contributed by atoms with Crippen molar-refractivity contribution in [1.82, 2.24) is 14.5 Å². The molecule has 11 heteroatoms. The molecule has 142 valence electrons. The lowest BCUT2D eigenvalue weighted by Crippen LogP contribution is -2.45. The zero-order valence-electron chi connectivity index (χ0n) is 14.1. The maximum absolute atomic E-state index is 13.4. The highest BCUT2D eigenvalue weighted by atomic mass is 32.2. The number of rotatable bonds is 5. The second kappa shape index (κ2) is 7.25. The molecule has 0 saturated carbocycles. The van der Waals surface area contributed by atoms with Gasteiger partial charge in [-0.3, -0.25) is 0 Å². The van der Waals surface area contributed by atoms with Crippen molar-refractivity contribution in [2.24, 2.45) is 0 Å². The van der Waals surface area contributed by atoms with Gasteiger partial charge < -0.3 is 14.7 Å². The fraction of sp³-hybridized carbons (Fsp3) is 0.400. The lowest BCUT2D eigenvalue weighted by atomic mass is 10.1. The molecular weight excluding hydrogens is 373 g/mol. The van der Waals surface area contributed by atoms with E-state index in [1.54, 1.807) is 20.8 Å². The minimum atomic E-state index is -4.65. The molecule has 7 nitrogen and oxygen atoms in total. The minimum absolute atomic E-state index is 0.125. The summed E-state index contributed by atoms with van der Waals surface area (Å²) >= 11 is -1.92. The van der Waals surface area contributed by atoms with E-state index in [2.05, 4.69) is 9.82 Å². The number of alkyl halides is 3. The van der Waals surface area contributed by atoms with Crippen LogP contribution < -0.4 is 4.72 Å². The Labute approximate surface area is 150 Å². The Morgan fingerprint density at radius 3 is 2.19 bits per heavy atom. The summed E-state index contributed by atoms with van der Waals surface area (Å²) in [5.74, 6) is -0.371. The molecule has 0 radical (unpaired) electrons. The lowest BCUT2D eigenvalue weighted by molar-refractivity contribution is -0.389. The van der Waals surface area contributed by atoms with E-state index in [1.165, 1.54) is 41.2 Å². The van der Waals surface area contributed by atoms with Crippen LogP contribution in [0.5, 0.6) is 0 Å². The Morgan fingerprint density at radius 2 is 1.77 bits per heavy atom. The number of aromatic nitrogens is 2. The van der Waals surface area contributed by atoms with Gasteiger partial charge in [-0.05, 0) is 43.4 Å². The zero-order valence-corrected chi connectivity index (χ0v) is 15.0. The van der Waals surface area contributed by atoms with E-state index in [0.29, 0.717) is 5.69 Å². The summed E-state index contributed by atoms with van der Waals surface area (Å²) in [6, 6.07) is 4.21. The van der Waals surface area contributed by atoms with Crippen molar-refractivity contribution in [3.8, 4) is 5.69 Å². The number of nitrogens with one attached hydrogen (secondary N) is 1. The molecule has 0 saturated heterocycles. The number of nitrogens with zero attached hydrogens (tertiary/aromatic N) is 3. The van der Waals surface area contributed by atoms with Crippen molar-refractivity contribution in [2.45, 2.75) is 37.7 Å². The third-order valence-corrected chi connectivity index (χ3v) is 4.92. The molecule has 0 aliphatic heterocycles. The Morgan fingerprint density at radius 1 is 1.19 bits per heavy atom. The lowest BCUT2D eigenvalue weighted by Gasteiger charge is -2.29. The van der Waals surface area contributed by atoms with Crippen LogP contribution in [0.2, 0.25) is 0 Å². The van der Waals surface area contributed by atoms with Gasteiger partial charge in [-0.2, -0.15) is 13.2 Å². The summed E-state index contributed by atoms with van der Waals surface area (Å²) in [6.45, 7) is 4.70. The van der Waals surface area contributed by atoms with Gasteiger partial charge in [-0.1, -0.05) is 12.1 Å². The van der Waals surface area contributed by atoms with Crippen molar-refractivity contribution >= 4 is 17.2 Å². The van der Waals surface area contributed by atoms with Crippen molar-refractivity contribution in [3.63, 3.8) is 0 Å². The predicted octanol–water partition coefficient (Wildman–Crippen LogP) is 3.44. The van der Waals surface area contributed by atoms with Crippen LogP contribution in [0.1, 0.15) is 32.4 Å². The molecule has 1 aromatic carbocycles. The van der Waals surface area contributed by atoms with Gasteiger partial charge in [0.1, 0.15) is 4.75 Å². The van der Waals surface area contributed by atoms with Gasteiger partial charge in [0, 0.05) is 11.4 Å². The monoisotopic (exact) mass is 390 g/mol. The van der Waals surface area contributed by atoms with Crippen molar-refractivity contribution < 1.29 is 22.6 Å². The van der Waals surface area contributed by atoms with Crippen LogP contribution in [0.4, 0.5) is 19.0 Å². The first-order chi connectivity index (χ1) is 11.9. The van der Waals surface area contributed by atoms with Crippen LogP contribution in [0.15, 0.2) is 36.5 Å². The Bertz CT molecular complexity index is 772. The summed E-state index contributed by atoms with van der Waals surface area (Å²) < 4.78 is 54.7. The summed E-state index contributed by atoms with van der Waals surface area (Å²) in [6.07, 6.45) is -3.31. The number of benzene rings is 1. The Kier molecular flexibility index (Phi) is 5.64. The van der Waals surface area contributed by atoms with Gasteiger partial charge in [0.2, 0.25) is 0 Å². The average molecular weight is 390 g/mol. The SMILES string of the molecule is CC(C)(C)[S+]([O-])NC(c1ccc(-n2ccc([N+](=O)[O-])n2)cc1)C(F)(F)F. The summed E-state index contributed by atoms with van der Waals surface area (Å²) in [7, 11) is 0. The molecule has 2 atom stereocenters. The maximum Gasteiger partial charge on any atom is 0.412 e. The smallest absolute Gasteiger partial charge is 0.412 e. The van der Waals surface area contributed by atoms with Crippen LogP contribution in [0.25, 0.3) is 5.69 Å². The van der Waals surface area contributed by atoms with Crippen LogP contribution in [-0.2, 0) is 11.4 Å². The summed E-state index contributed by atoms with van der Waals surface area (Å²) in [5.41, 5.74) is 0.236. The fourth-order valence-corrected chi connectivity index (χ4v) is 2.82. The number of nitro groups is 1. The molecule has 2 rings (SSSR count). The summed E-state index contributed by atoms with van der Waals surface area (Å²) in [5, 5.41) is 14.4. The van der Waals surface area contributed by atoms with Gasteiger partial charge in [-0.15, -0.1) is 9.40 Å². The molecule has 0 amide bonds. The molecule has 1 aromatic heterocycles. The molecule has 1 N–H and O–H groups in total. The molecule has 2 unspecified atom stereocenters. The normalized spacial score (nSPS) is 14.9. The third-order valence-electron chi connectivity index (χ3n) is 3.36. The Balaban J connectivity index is 2.28. The minimum Gasteiger partial charge on any atom is -0.598 e.